The molecule has 1 aromatic rings. The van der Waals surface area contributed by atoms with E-state index in [-0.39, 0.29) is 0 Å². The van der Waals surface area contributed by atoms with E-state index in [9.17, 15) is 0 Å². The van der Waals surface area contributed by atoms with Crippen LogP contribution in [0.2, 0.25) is 0 Å². The number of rotatable bonds is 2. The Morgan fingerprint density at radius 3 is 2.35 bits per heavy atom. The van der Waals surface area contributed by atoms with Gasteiger partial charge in [-0.3, -0.25) is 4.90 Å². The zero-order valence-electron chi connectivity index (χ0n) is 10.3. The highest BCUT2D eigenvalue weighted by Crippen LogP contribution is 2.25. The van der Waals surface area contributed by atoms with Gasteiger partial charge in [-0.1, -0.05) is 41.3 Å². The minimum absolute atomic E-state index is 0.904. The van der Waals surface area contributed by atoms with Gasteiger partial charge in [-0.15, -0.1) is 0 Å². The van der Waals surface area contributed by atoms with Crippen LogP contribution >= 0.6 is 15.9 Å². The zero-order valence-corrected chi connectivity index (χ0v) is 11.9. The largest absolute Gasteiger partial charge is 0.398 e. The number of anilines is 1. The summed E-state index contributed by atoms with van der Waals surface area (Å²) in [6, 6.07) is 6.07. The molecule has 0 saturated carbocycles. The Bertz CT molecular complexity index is 337. The summed E-state index contributed by atoms with van der Waals surface area (Å²) >= 11 is 3.60. The summed E-state index contributed by atoms with van der Waals surface area (Å²) in [7, 11) is 0. The lowest BCUT2D eigenvalue weighted by Gasteiger charge is -2.25. The first-order valence-electron chi connectivity index (χ1n) is 6.52. The van der Waals surface area contributed by atoms with E-state index in [0.29, 0.717) is 0 Å². The van der Waals surface area contributed by atoms with Gasteiger partial charge in [0, 0.05) is 22.3 Å². The van der Waals surface area contributed by atoms with Crippen LogP contribution in [0.25, 0.3) is 0 Å². The number of benzene rings is 1. The third kappa shape index (κ3) is 3.71. The maximum Gasteiger partial charge on any atom is 0.0371 e. The molecule has 0 amide bonds. The van der Waals surface area contributed by atoms with Crippen LogP contribution in [0.15, 0.2) is 22.7 Å². The molecule has 0 bridgehead atoms. The standard InChI is InChI=1S/C14H21BrN2/c15-13-7-6-8-14(16)12(13)11-17-9-4-2-1-3-5-10-17/h6-8H,1-5,9-11,16H2. The first kappa shape index (κ1) is 12.9. The van der Waals surface area contributed by atoms with Crippen LogP contribution in [0.5, 0.6) is 0 Å². The number of hydrogen-bond acceptors (Lipinski definition) is 2. The molecular weight excluding hydrogens is 276 g/mol. The van der Waals surface area contributed by atoms with Gasteiger partial charge in [-0.25, -0.2) is 0 Å². The average Bonchev–Trinajstić information content (AvgIpc) is 2.26. The Hall–Kier alpha value is -0.540. The van der Waals surface area contributed by atoms with E-state index in [4.69, 9.17) is 5.73 Å². The summed E-state index contributed by atoms with van der Waals surface area (Å²) in [6.07, 6.45) is 6.81. The average molecular weight is 297 g/mol. The van der Waals surface area contributed by atoms with Crippen molar-refractivity contribution in [3.8, 4) is 0 Å². The van der Waals surface area contributed by atoms with E-state index in [0.717, 1.165) is 16.7 Å². The van der Waals surface area contributed by atoms with Crippen molar-refractivity contribution in [2.75, 3.05) is 18.8 Å². The second-order valence-corrected chi connectivity index (χ2v) is 5.71. The number of hydrogen-bond donors (Lipinski definition) is 1. The molecular formula is C14H21BrN2. The summed E-state index contributed by atoms with van der Waals surface area (Å²) in [5, 5.41) is 0. The molecule has 2 rings (SSSR count). The van der Waals surface area contributed by atoms with E-state index in [2.05, 4.69) is 26.9 Å². The number of nitrogen functional groups attached to an aromatic ring is 1. The fourth-order valence-electron chi connectivity index (χ4n) is 2.44. The molecule has 1 aliphatic rings. The minimum Gasteiger partial charge on any atom is -0.398 e. The molecule has 0 spiro atoms. The van der Waals surface area contributed by atoms with E-state index < -0.39 is 0 Å². The Kier molecular flexibility index (Phi) is 4.86. The van der Waals surface area contributed by atoms with Crippen LogP contribution in [-0.4, -0.2) is 18.0 Å². The van der Waals surface area contributed by atoms with E-state index in [1.165, 1.54) is 50.8 Å². The van der Waals surface area contributed by atoms with Crippen molar-refractivity contribution in [3.63, 3.8) is 0 Å². The lowest BCUT2D eigenvalue weighted by Crippen LogP contribution is -2.27. The van der Waals surface area contributed by atoms with Crippen LogP contribution in [-0.2, 0) is 6.54 Å². The van der Waals surface area contributed by atoms with Crippen LogP contribution < -0.4 is 5.73 Å². The summed E-state index contributed by atoms with van der Waals surface area (Å²) in [5.41, 5.74) is 8.20. The second-order valence-electron chi connectivity index (χ2n) is 4.85. The summed E-state index contributed by atoms with van der Waals surface area (Å²) in [5.74, 6) is 0. The summed E-state index contributed by atoms with van der Waals surface area (Å²) in [4.78, 5) is 2.54. The molecule has 1 heterocycles. The molecule has 1 saturated heterocycles. The van der Waals surface area contributed by atoms with Gasteiger partial charge in [0.25, 0.3) is 0 Å². The van der Waals surface area contributed by atoms with Crippen molar-refractivity contribution in [1.29, 1.82) is 0 Å². The Morgan fingerprint density at radius 1 is 1.06 bits per heavy atom. The monoisotopic (exact) mass is 296 g/mol. The lowest BCUT2D eigenvalue weighted by atomic mass is 10.1. The number of nitrogens with two attached hydrogens (primary N) is 1. The number of nitrogens with zero attached hydrogens (tertiary/aromatic N) is 1. The predicted molar refractivity (Wildman–Crippen MR) is 76.9 cm³/mol. The minimum atomic E-state index is 0.904. The molecule has 17 heavy (non-hydrogen) atoms. The van der Waals surface area contributed by atoms with E-state index in [1.807, 2.05) is 12.1 Å². The van der Waals surface area contributed by atoms with Crippen molar-refractivity contribution in [2.45, 2.75) is 38.6 Å². The normalized spacial score (nSPS) is 18.6. The van der Waals surface area contributed by atoms with Gasteiger partial charge >= 0.3 is 0 Å². The highest BCUT2D eigenvalue weighted by Gasteiger charge is 2.12. The molecule has 1 aliphatic heterocycles. The van der Waals surface area contributed by atoms with Crippen molar-refractivity contribution < 1.29 is 0 Å². The van der Waals surface area contributed by atoms with Crippen molar-refractivity contribution in [1.82, 2.24) is 4.90 Å². The maximum atomic E-state index is 6.05. The molecule has 0 radical (unpaired) electrons. The molecule has 1 fully saturated rings. The first-order valence-corrected chi connectivity index (χ1v) is 7.32. The van der Waals surface area contributed by atoms with Gasteiger partial charge < -0.3 is 5.73 Å². The molecule has 1 aromatic carbocycles. The molecule has 0 atom stereocenters. The second kappa shape index (κ2) is 6.41. The number of likely N-dealkylation sites (tertiary alicyclic amines) is 1. The molecule has 94 valence electrons. The summed E-state index contributed by atoms with van der Waals surface area (Å²) in [6.45, 7) is 3.40. The quantitative estimate of drug-likeness (QED) is 0.841. The van der Waals surface area contributed by atoms with Gasteiger partial charge in [0.05, 0.1) is 0 Å². The Balaban J connectivity index is 2.03. The van der Waals surface area contributed by atoms with E-state index >= 15 is 0 Å². The highest BCUT2D eigenvalue weighted by atomic mass is 79.9. The molecule has 2 nitrogen and oxygen atoms in total. The Labute approximate surface area is 112 Å². The van der Waals surface area contributed by atoms with Crippen LogP contribution in [0.4, 0.5) is 5.69 Å². The fraction of sp³-hybridized carbons (Fsp3) is 0.571. The predicted octanol–water partition coefficient (Wildman–Crippen LogP) is 3.80. The summed E-state index contributed by atoms with van der Waals surface area (Å²) < 4.78 is 1.14. The topological polar surface area (TPSA) is 29.3 Å². The van der Waals surface area contributed by atoms with E-state index in [1.54, 1.807) is 0 Å². The van der Waals surface area contributed by atoms with Crippen molar-refractivity contribution >= 4 is 21.6 Å². The molecule has 0 unspecified atom stereocenters. The van der Waals surface area contributed by atoms with Gasteiger partial charge in [-0.05, 0) is 38.1 Å². The fourth-order valence-corrected chi connectivity index (χ4v) is 2.94. The lowest BCUT2D eigenvalue weighted by molar-refractivity contribution is 0.240. The van der Waals surface area contributed by atoms with Crippen LogP contribution in [0, 0.1) is 0 Å². The SMILES string of the molecule is Nc1cccc(Br)c1CN1CCCCCCC1. The van der Waals surface area contributed by atoms with Crippen molar-refractivity contribution in [2.24, 2.45) is 0 Å². The maximum absolute atomic E-state index is 6.05. The highest BCUT2D eigenvalue weighted by molar-refractivity contribution is 9.10. The molecule has 0 aliphatic carbocycles. The van der Waals surface area contributed by atoms with Gasteiger partial charge in [-0.2, -0.15) is 0 Å². The Morgan fingerprint density at radius 2 is 1.71 bits per heavy atom. The van der Waals surface area contributed by atoms with Gasteiger partial charge in [0.15, 0.2) is 0 Å². The van der Waals surface area contributed by atoms with Crippen LogP contribution in [0.1, 0.15) is 37.7 Å². The van der Waals surface area contributed by atoms with Crippen LogP contribution in [0.3, 0.4) is 0 Å². The third-order valence-electron chi connectivity index (χ3n) is 3.49. The molecule has 0 aromatic heterocycles. The molecule has 2 N–H and O–H groups in total. The molecule has 3 heteroatoms. The third-order valence-corrected chi connectivity index (χ3v) is 4.23. The first-order chi connectivity index (χ1) is 8.27. The van der Waals surface area contributed by atoms with Gasteiger partial charge in [0.2, 0.25) is 0 Å². The van der Waals surface area contributed by atoms with Gasteiger partial charge in [0.1, 0.15) is 0 Å². The zero-order chi connectivity index (χ0) is 12.1. The van der Waals surface area contributed by atoms with Crippen molar-refractivity contribution in [3.05, 3.63) is 28.2 Å². The smallest absolute Gasteiger partial charge is 0.0371 e. The number of halogens is 1.